The first-order valence-corrected chi connectivity index (χ1v) is 2.55. The number of nitrogens with one attached hydrogen (secondary N) is 1. The second-order valence-electron chi connectivity index (χ2n) is 1.14. The summed E-state index contributed by atoms with van der Waals surface area (Å²) in [5.41, 5.74) is 6.86. The maximum absolute atomic E-state index is 6.86. The van der Waals surface area contributed by atoms with E-state index >= 15 is 0 Å². The molecule has 1 aromatic heterocycles. The average molecular weight is 179 g/mol. The van der Waals surface area contributed by atoms with Crippen molar-refractivity contribution in [2.24, 2.45) is 0 Å². The van der Waals surface area contributed by atoms with E-state index in [1.165, 1.54) is 0 Å². The Morgan fingerprint density at radius 3 is 2.62 bits per heavy atom. The van der Waals surface area contributed by atoms with E-state index in [0.29, 0.717) is 4.60 Å². The van der Waals surface area contributed by atoms with Crippen LogP contribution in [0, 0.1) is 0 Å². The molecule has 0 aliphatic heterocycles. The van der Waals surface area contributed by atoms with Gasteiger partial charge in [0.05, 0.1) is 4.79 Å². The first-order valence-electron chi connectivity index (χ1n) is 1.76. The zero-order valence-corrected chi connectivity index (χ0v) is 5.34. The molecular formula is C2H3BrN4O. The van der Waals surface area contributed by atoms with Gasteiger partial charge in [0.2, 0.25) is 5.27 Å². The van der Waals surface area contributed by atoms with E-state index in [9.17, 15) is 0 Å². The number of halogens is 1. The molecule has 0 aliphatic carbocycles. The summed E-state index contributed by atoms with van der Waals surface area (Å²) in [4.78, 5) is 0.933. The van der Waals surface area contributed by atoms with Crippen LogP contribution < -0.4 is 10.6 Å². The van der Waals surface area contributed by atoms with Gasteiger partial charge in [0.15, 0.2) is 0 Å². The number of rotatable bonds is 0. The van der Waals surface area contributed by atoms with Gasteiger partial charge in [-0.3, -0.25) is 0 Å². The quantitative estimate of drug-likeness (QED) is 0.453. The lowest BCUT2D eigenvalue weighted by atomic mass is 10.8. The molecule has 0 aromatic carbocycles. The molecule has 0 bridgehead atoms. The Balaban J connectivity index is 3.19. The minimum atomic E-state index is -0.0764. The highest BCUT2D eigenvalue weighted by Gasteiger charge is 2.09. The van der Waals surface area contributed by atoms with Crippen molar-refractivity contribution in [3.63, 3.8) is 0 Å². The Hall–Kier alpha value is -0.780. The SMILES string of the molecule is [NH-]c1on[n+](N)c1Br. The van der Waals surface area contributed by atoms with Crippen molar-refractivity contribution in [2.45, 2.75) is 0 Å². The zero-order chi connectivity index (χ0) is 6.15. The summed E-state index contributed by atoms with van der Waals surface area (Å²) >= 11 is 2.94. The smallest absolute Gasteiger partial charge is 0.332 e. The van der Waals surface area contributed by atoms with Gasteiger partial charge >= 0.3 is 4.60 Å². The molecular weight excluding hydrogens is 176 g/mol. The van der Waals surface area contributed by atoms with Crippen LogP contribution >= 0.6 is 15.9 Å². The van der Waals surface area contributed by atoms with E-state index in [4.69, 9.17) is 11.6 Å². The number of hydrogen-bond donors (Lipinski definition) is 1. The summed E-state index contributed by atoms with van der Waals surface area (Å²) < 4.78 is 4.63. The van der Waals surface area contributed by atoms with Crippen LogP contribution in [-0.2, 0) is 0 Å². The predicted molar refractivity (Wildman–Crippen MR) is 28.5 cm³/mol. The summed E-state index contributed by atoms with van der Waals surface area (Å²) in [6.07, 6.45) is 0. The molecule has 1 rings (SSSR count). The lowest BCUT2D eigenvalue weighted by molar-refractivity contribution is -0.719. The maximum Gasteiger partial charge on any atom is 0.332 e. The lowest BCUT2D eigenvalue weighted by Gasteiger charge is -1.80. The van der Waals surface area contributed by atoms with E-state index < -0.39 is 0 Å². The molecule has 44 valence electrons. The summed E-state index contributed by atoms with van der Waals surface area (Å²) in [5.74, 6) is 5.01. The van der Waals surface area contributed by atoms with Gasteiger partial charge in [0.1, 0.15) is 5.88 Å². The number of hydrogen-bond acceptors (Lipinski definition) is 3. The minimum absolute atomic E-state index is 0.0764. The van der Waals surface area contributed by atoms with Crippen molar-refractivity contribution < 1.29 is 9.31 Å². The van der Waals surface area contributed by atoms with Crippen molar-refractivity contribution in [3.05, 3.63) is 10.3 Å². The fourth-order valence-electron chi connectivity index (χ4n) is 0.262. The van der Waals surface area contributed by atoms with E-state index in [0.717, 1.165) is 4.79 Å². The van der Waals surface area contributed by atoms with Crippen LogP contribution in [-0.4, -0.2) is 5.27 Å². The van der Waals surface area contributed by atoms with Crippen molar-refractivity contribution >= 4 is 21.8 Å². The van der Waals surface area contributed by atoms with Crippen molar-refractivity contribution in [2.75, 3.05) is 5.84 Å². The summed E-state index contributed by atoms with van der Waals surface area (Å²) in [6.45, 7) is 0. The normalized spacial score (nSPS) is 9.62. The Kier molecular flexibility index (Phi) is 1.09. The monoisotopic (exact) mass is 178 g/mol. The lowest BCUT2D eigenvalue weighted by Crippen LogP contribution is -2.46. The summed E-state index contributed by atoms with van der Waals surface area (Å²) in [6, 6.07) is 0. The molecule has 8 heavy (non-hydrogen) atoms. The highest BCUT2D eigenvalue weighted by Crippen LogP contribution is 2.16. The van der Waals surface area contributed by atoms with Crippen LogP contribution in [0.4, 0.5) is 5.88 Å². The molecule has 5 nitrogen and oxygen atoms in total. The molecule has 0 spiro atoms. The fraction of sp³-hybridized carbons (Fsp3) is 0. The molecule has 1 heterocycles. The Morgan fingerprint density at radius 2 is 2.50 bits per heavy atom. The van der Waals surface area contributed by atoms with Gasteiger partial charge in [-0.2, -0.15) is 5.84 Å². The van der Waals surface area contributed by atoms with Crippen molar-refractivity contribution in [1.29, 1.82) is 0 Å². The molecule has 3 N–H and O–H groups in total. The van der Waals surface area contributed by atoms with Crippen LogP contribution in [0.15, 0.2) is 9.13 Å². The molecule has 0 saturated heterocycles. The van der Waals surface area contributed by atoms with Gasteiger partial charge in [-0.05, 0) is 0 Å². The molecule has 1 aromatic rings. The van der Waals surface area contributed by atoms with Gasteiger partial charge in [0.25, 0.3) is 0 Å². The molecule has 0 radical (unpaired) electrons. The fourth-order valence-corrected chi connectivity index (χ4v) is 0.399. The second kappa shape index (κ2) is 1.62. The van der Waals surface area contributed by atoms with E-state index in [1.807, 2.05) is 0 Å². The van der Waals surface area contributed by atoms with Crippen LogP contribution in [0.1, 0.15) is 0 Å². The molecule has 0 unspecified atom stereocenters. The number of aromatic nitrogens is 2. The predicted octanol–water partition coefficient (Wildman–Crippen LogP) is 0.122. The second-order valence-corrected chi connectivity index (χ2v) is 1.89. The molecule has 0 saturated carbocycles. The number of nitrogens with zero attached hydrogens (tertiary/aromatic N) is 2. The van der Waals surface area contributed by atoms with Gasteiger partial charge < -0.3 is 10.3 Å². The standard InChI is InChI=1S/C2H3BrN4O/c3-1-2(4)8-6-7(1)5/h4H,(H2,5,6). The van der Waals surface area contributed by atoms with Crippen LogP contribution in [0.5, 0.6) is 0 Å². The van der Waals surface area contributed by atoms with E-state index in [1.54, 1.807) is 0 Å². The summed E-state index contributed by atoms with van der Waals surface area (Å²) in [7, 11) is 0. The molecule has 0 atom stereocenters. The third kappa shape index (κ3) is 0.623. The third-order valence-electron chi connectivity index (χ3n) is 0.609. The number of nitrogen functional groups attached to an aromatic ring is 1. The summed E-state index contributed by atoms with van der Waals surface area (Å²) in [5, 5.41) is 3.20. The first-order chi connectivity index (χ1) is 3.72. The van der Waals surface area contributed by atoms with Crippen molar-refractivity contribution in [1.82, 2.24) is 5.27 Å². The van der Waals surface area contributed by atoms with Gasteiger partial charge in [-0.15, -0.1) is 0 Å². The van der Waals surface area contributed by atoms with Crippen LogP contribution in [0.2, 0.25) is 0 Å². The molecule has 0 fully saturated rings. The third-order valence-corrected chi connectivity index (χ3v) is 1.33. The van der Waals surface area contributed by atoms with Crippen LogP contribution in [0.25, 0.3) is 5.73 Å². The molecule has 6 heteroatoms. The highest BCUT2D eigenvalue weighted by atomic mass is 79.9. The van der Waals surface area contributed by atoms with E-state index in [2.05, 4.69) is 25.7 Å². The highest BCUT2D eigenvalue weighted by molar-refractivity contribution is 9.10. The van der Waals surface area contributed by atoms with Gasteiger partial charge in [-0.25, -0.2) is 0 Å². The largest absolute Gasteiger partial charge is 0.659 e. The first kappa shape index (κ1) is 5.36. The van der Waals surface area contributed by atoms with Gasteiger partial charge in [0, 0.05) is 15.9 Å². The topological polar surface area (TPSA) is 79.7 Å². The molecule has 0 amide bonds. The molecule has 0 aliphatic rings. The minimum Gasteiger partial charge on any atom is -0.659 e. The Morgan fingerprint density at radius 1 is 1.88 bits per heavy atom. The maximum atomic E-state index is 6.86. The van der Waals surface area contributed by atoms with Gasteiger partial charge in [-0.1, -0.05) is 0 Å². The van der Waals surface area contributed by atoms with Crippen molar-refractivity contribution in [3.8, 4) is 0 Å². The Bertz CT molecular complexity index is 176. The average Bonchev–Trinajstić information content (AvgIpc) is 1.98. The number of nitrogens with two attached hydrogens (primary N) is 1. The van der Waals surface area contributed by atoms with Crippen LogP contribution in [0.3, 0.4) is 0 Å². The van der Waals surface area contributed by atoms with E-state index in [-0.39, 0.29) is 5.88 Å². The zero-order valence-electron chi connectivity index (χ0n) is 3.76. The Labute approximate surface area is 53.3 Å².